The number of hydrogen-bond acceptors (Lipinski definition) is 1. The van der Waals surface area contributed by atoms with E-state index in [1.807, 2.05) is 0 Å². The molecule has 0 amide bonds. The molecule has 0 saturated heterocycles. The summed E-state index contributed by atoms with van der Waals surface area (Å²) in [6, 6.07) is 9.65. The van der Waals surface area contributed by atoms with Gasteiger partial charge in [-0.1, -0.05) is 20.3 Å². The molecule has 0 bridgehead atoms. The summed E-state index contributed by atoms with van der Waals surface area (Å²) in [5.41, 5.74) is 1.66. The zero-order chi connectivity index (χ0) is 13.1. The monoisotopic (exact) mass is 309 g/mol. The zero-order valence-corrected chi connectivity index (χ0v) is 13.6. The number of rotatable bonds is 0. The summed E-state index contributed by atoms with van der Waals surface area (Å²) in [7, 11) is 2.24. The van der Waals surface area contributed by atoms with Crippen molar-refractivity contribution in [2.45, 2.75) is 46.2 Å². The Morgan fingerprint density at radius 1 is 1.28 bits per heavy atom. The minimum absolute atomic E-state index is 0.598. The molecule has 1 unspecified atom stereocenters. The summed E-state index contributed by atoms with van der Waals surface area (Å²) in [6.07, 6.45) is 2.49. The van der Waals surface area contributed by atoms with Gasteiger partial charge in [-0.3, -0.25) is 0 Å². The molecular formula is C16H23NSe. The molecule has 0 N–H and O–H groups in total. The topological polar surface area (TPSA) is 3.24 Å². The summed E-state index contributed by atoms with van der Waals surface area (Å²) in [4.78, 5) is 2.48. The molecule has 0 fully saturated rings. The summed E-state index contributed by atoms with van der Waals surface area (Å²) < 4.78 is 3.31. The van der Waals surface area contributed by atoms with E-state index >= 15 is 0 Å². The van der Waals surface area contributed by atoms with Gasteiger partial charge in [0, 0.05) is 0 Å². The quantitative estimate of drug-likeness (QED) is 0.671. The summed E-state index contributed by atoms with van der Waals surface area (Å²) in [5.74, 6) is 0. The van der Waals surface area contributed by atoms with E-state index in [9.17, 15) is 0 Å². The van der Waals surface area contributed by atoms with Gasteiger partial charge in [0.15, 0.2) is 0 Å². The summed E-state index contributed by atoms with van der Waals surface area (Å²) >= 11 is 0.598. The van der Waals surface area contributed by atoms with Crippen molar-refractivity contribution in [3.63, 3.8) is 0 Å². The van der Waals surface area contributed by atoms with Crippen LogP contribution in [0.25, 0.3) is 9.65 Å². The van der Waals surface area contributed by atoms with E-state index in [2.05, 4.69) is 57.0 Å². The van der Waals surface area contributed by atoms with Crippen molar-refractivity contribution in [3.05, 3.63) is 34.3 Å². The Bertz CT molecular complexity index is 515. The van der Waals surface area contributed by atoms with Crippen molar-refractivity contribution in [2.24, 2.45) is 0 Å². The molecule has 2 heterocycles. The standard InChI is InChI=1S/C13H15NSe.C3H8/c1-9-7-11-10-5-3-4-6-12(10)15-13(11)8-14(9)2;1-3-2/h3-6,9H,7-8H2,1-2H3;3H2,1-2H3. The van der Waals surface area contributed by atoms with Crippen LogP contribution in [-0.4, -0.2) is 32.5 Å². The van der Waals surface area contributed by atoms with Gasteiger partial charge in [0.05, 0.1) is 0 Å². The second kappa shape index (κ2) is 6.06. The van der Waals surface area contributed by atoms with Crippen LogP contribution in [0.2, 0.25) is 0 Å². The third-order valence-electron chi connectivity index (χ3n) is 3.43. The van der Waals surface area contributed by atoms with Gasteiger partial charge in [0.2, 0.25) is 0 Å². The van der Waals surface area contributed by atoms with Crippen LogP contribution in [0.3, 0.4) is 0 Å². The Balaban J connectivity index is 0.000000367. The van der Waals surface area contributed by atoms with Gasteiger partial charge in [-0.15, -0.1) is 0 Å². The Morgan fingerprint density at radius 2 is 1.94 bits per heavy atom. The fraction of sp³-hybridized carbons (Fsp3) is 0.500. The fourth-order valence-electron chi connectivity index (χ4n) is 2.33. The van der Waals surface area contributed by atoms with Gasteiger partial charge in [-0.05, 0) is 0 Å². The van der Waals surface area contributed by atoms with Crippen LogP contribution >= 0.6 is 0 Å². The van der Waals surface area contributed by atoms with Crippen LogP contribution in [0.5, 0.6) is 0 Å². The molecule has 1 nitrogen and oxygen atoms in total. The zero-order valence-electron chi connectivity index (χ0n) is 11.9. The van der Waals surface area contributed by atoms with E-state index in [0.29, 0.717) is 20.5 Å². The molecule has 0 radical (unpaired) electrons. The number of nitrogens with zero attached hydrogens (tertiary/aromatic N) is 1. The van der Waals surface area contributed by atoms with Crippen LogP contribution in [0.1, 0.15) is 37.2 Å². The molecule has 1 aliphatic rings. The molecular weight excluding hydrogens is 285 g/mol. The van der Waals surface area contributed by atoms with E-state index in [0.717, 1.165) is 0 Å². The van der Waals surface area contributed by atoms with Crippen molar-refractivity contribution in [3.8, 4) is 0 Å². The average Bonchev–Trinajstić information content (AvgIpc) is 2.69. The Labute approximate surface area is 117 Å². The summed E-state index contributed by atoms with van der Waals surface area (Å²) in [6.45, 7) is 7.77. The number of hydrogen-bond donors (Lipinski definition) is 0. The van der Waals surface area contributed by atoms with Gasteiger partial charge in [0.25, 0.3) is 0 Å². The molecule has 3 rings (SSSR count). The predicted octanol–water partition coefficient (Wildman–Crippen LogP) is 3.69. The third-order valence-corrected chi connectivity index (χ3v) is 5.94. The largest absolute Gasteiger partial charge is 0.0656 e. The van der Waals surface area contributed by atoms with Gasteiger partial charge >= 0.3 is 96.3 Å². The SMILES string of the molecule is CC1Cc2c([se]c3ccccc23)CN1C.CCC. The van der Waals surface area contributed by atoms with Crippen LogP contribution in [-0.2, 0) is 13.0 Å². The molecule has 0 aliphatic carbocycles. The van der Waals surface area contributed by atoms with Crippen LogP contribution in [0, 0.1) is 0 Å². The molecule has 1 aromatic heterocycles. The van der Waals surface area contributed by atoms with E-state index in [4.69, 9.17) is 0 Å². The molecule has 1 aliphatic heterocycles. The van der Waals surface area contributed by atoms with Gasteiger partial charge < -0.3 is 0 Å². The summed E-state index contributed by atoms with van der Waals surface area (Å²) in [5, 5.41) is 1.55. The van der Waals surface area contributed by atoms with Crippen molar-refractivity contribution in [1.29, 1.82) is 0 Å². The van der Waals surface area contributed by atoms with Crippen molar-refractivity contribution < 1.29 is 0 Å². The fourth-order valence-corrected chi connectivity index (χ4v) is 5.06. The second-order valence-electron chi connectivity index (χ2n) is 5.18. The Hall–Kier alpha value is -0.561. The molecule has 0 spiro atoms. The molecule has 0 saturated carbocycles. The van der Waals surface area contributed by atoms with E-state index < -0.39 is 0 Å². The average molecular weight is 308 g/mol. The van der Waals surface area contributed by atoms with Crippen LogP contribution < -0.4 is 0 Å². The van der Waals surface area contributed by atoms with Crippen LogP contribution in [0.15, 0.2) is 24.3 Å². The van der Waals surface area contributed by atoms with E-state index in [1.54, 1.807) is 19.6 Å². The number of likely N-dealkylation sites (N-methyl/N-ethyl adjacent to an activating group) is 1. The van der Waals surface area contributed by atoms with Crippen molar-refractivity contribution in [1.82, 2.24) is 4.90 Å². The number of fused-ring (bicyclic) bond motifs is 3. The maximum absolute atomic E-state index is 2.48. The minimum Gasteiger partial charge on any atom is -0.0656 e. The minimum atomic E-state index is 0.598. The predicted molar refractivity (Wildman–Crippen MR) is 81.5 cm³/mol. The van der Waals surface area contributed by atoms with E-state index in [-0.39, 0.29) is 0 Å². The van der Waals surface area contributed by atoms with Gasteiger partial charge in [-0.2, -0.15) is 0 Å². The van der Waals surface area contributed by atoms with Gasteiger partial charge in [0.1, 0.15) is 0 Å². The van der Waals surface area contributed by atoms with Gasteiger partial charge in [-0.25, -0.2) is 0 Å². The smallest absolute Gasteiger partial charge is 0.0590 e. The molecule has 1 atom stereocenters. The number of benzene rings is 1. The maximum Gasteiger partial charge on any atom is -0.0590 e. The normalized spacial score (nSPS) is 19.2. The van der Waals surface area contributed by atoms with Crippen molar-refractivity contribution >= 4 is 24.1 Å². The first kappa shape index (κ1) is 13.9. The van der Waals surface area contributed by atoms with Crippen LogP contribution in [0.4, 0.5) is 0 Å². The Kier molecular flexibility index (Phi) is 4.66. The molecule has 18 heavy (non-hydrogen) atoms. The molecule has 1 aromatic carbocycles. The first-order chi connectivity index (χ1) is 8.67. The first-order valence-corrected chi connectivity index (χ1v) is 8.58. The maximum atomic E-state index is 2.48. The molecule has 2 heteroatoms. The third kappa shape index (κ3) is 2.71. The van der Waals surface area contributed by atoms with Crippen molar-refractivity contribution in [2.75, 3.05) is 7.05 Å². The second-order valence-corrected chi connectivity index (χ2v) is 7.56. The molecule has 2 aromatic rings. The molecule has 98 valence electrons. The Morgan fingerprint density at radius 3 is 2.67 bits per heavy atom. The first-order valence-electron chi connectivity index (χ1n) is 6.86. The van der Waals surface area contributed by atoms with E-state index in [1.165, 1.54) is 19.4 Å².